The molecule has 1 heterocycles. The Kier molecular flexibility index (Phi) is 4.69. The van der Waals surface area contributed by atoms with Gasteiger partial charge in [-0.25, -0.2) is 9.97 Å². The van der Waals surface area contributed by atoms with Gasteiger partial charge in [0, 0.05) is 24.9 Å². The van der Waals surface area contributed by atoms with Crippen LogP contribution in [0.2, 0.25) is 5.02 Å². The van der Waals surface area contributed by atoms with Crippen LogP contribution in [0.15, 0.2) is 12.4 Å². The Hall–Kier alpha value is -0.670. The van der Waals surface area contributed by atoms with Gasteiger partial charge in [0.25, 0.3) is 0 Å². The topological polar surface area (TPSA) is 37.8 Å². The zero-order chi connectivity index (χ0) is 12.2. The normalized spacial score (nSPS) is 13.8. The third-order valence-corrected chi connectivity index (χ3v) is 2.75. The van der Waals surface area contributed by atoms with Crippen LogP contribution in [-0.2, 0) is 6.42 Å². The maximum absolute atomic E-state index is 5.76. The minimum absolute atomic E-state index is 0.193. The van der Waals surface area contributed by atoms with E-state index in [2.05, 4.69) is 43.0 Å². The van der Waals surface area contributed by atoms with Crippen LogP contribution in [0, 0.1) is 5.41 Å². The Balaban J connectivity index is 2.72. The summed E-state index contributed by atoms with van der Waals surface area (Å²) >= 11 is 5.76. The molecule has 4 heteroatoms. The van der Waals surface area contributed by atoms with Crippen molar-refractivity contribution in [2.75, 3.05) is 6.54 Å². The maximum Gasteiger partial charge on any atom is 0.129 e. The smallest absolute Gasteiger partial charge is 0.129 e. The fourth-order valence-electron chi connectivity index (χ4n) is 1.56. The molecule has 16 heavy (non-hydrogen) atoms. The molecule has 0 saturated carbocycles. The van der Waals surface area contributed by atoms with Crippen molar-refractivity contribution >= 4 is 11.6 Å². The predicted octanol–water partition coefficient (Wildman–Crippen LogP) is 2.70. The molecule has 1 rings (SSSR count). The molecule has 1 atom stereocenters. The fraction of sp³-hybridized carbons (Fsp3) is 0.667. The highest BCUT2D eigenvalue weighted by atomic mass is 35.5. The van der Waals surface area contributed by atoms with Crippen LogP contribution < -0.4 is 5.32 Å². The second kappa shape index (κ2) is 5.60. The molecule has 0 saturated heterocycles. The molecule has 1 aromatic heterocycles. The second-order valence-electron chi connectivity index (χ2n) is 5.00. The van der Waals surface area contributed by atoms with Crippen LogP contribution in [0.4, 0.5) is 0 Å². The third-order valence-electron chi connectivity index (χ3n) is 2.56. The molecule has 0 aliphatic heterocycles. The van der Waals surface area contributed by atoms with Crippen molar-refractivity contribution < 1.29 is 0 Å². The Morgan fingerprint density at radius 3 is 2.31 bits per heavy atom. The number of likely N-dealkylation sites (N-methyl/N-ethyl adjacent to an activating group) is 1. The Labute approximate surface area is 103 Å². The molecule has 1 N–H and O–H groups in total. The van der Waals surface area contributed by atoms with Crippen molar-refractivity contribution in [1.82, 2.24) is 15.3 Å². The second-order valence-corrected chi connectivity index (χ2v) is 5.43. The summed E-state index contributed by atoms with van der Waals surface area (Å²) in [5.74, 6) is 0.838. The van der Waals surface area contributed by atoms with Crippen LogP contribution in [0.5, 0.6) is 0 Å². The minimum Gasteiger partial charge on any atom is -0.313 e. The van der Waals surface area contributed by atoms with Gasteiger partial charge in [0.2, 0.25) is 0 Å². The summed E-state index contributed by atoms with van der Waals surface area (Å²) in [5.41, 5.74) is 0.193. The lowest BCUT2D eigenvalue weighted by molar-refractivity contribution is 0.267. The molecule has 1 aromatic rings. The summed E-state index contributed by atoms with van der Waals surface area (Å²) < 4.78 is 0. The van der Waals surface area contributed by atoms with Crippen molar-refractivity contribution in [3.63, 3.8) is 0 Å². The van der Waals surface area contributed by atoms with E-state index in [1.807, 2.05) is 0 Å². The summed E-state index contributed by atoms with van der Waals surface area (Å²) in [4.78, 5) is 8.46. The Morgan fingerprint density at radius 1 is 1.31 bits per heavy atom. The highest BCUT2D eigenvalue weighted by Crippen LogP contribution is 2.21. The van der Waals surface area contributed by atoms with E-state index in [0.29, 0.717) is 11.1 Å². The molecule has 0 bridgehead atoms. The quantitative estimate of drug-likeness (QED) is 0.881. The van der Waals surface area contributed by atoms with Crippen LogP contribution in [0.1, 0.15) is 33.5 Å². The summed E-state index contributed by atoms with van der Waals surface area (Å²) in [6, 6.07) is 0.374. The number of halogens is 1. The number of hydrogen-bond donors (Lipinski definition) is 1. The van der Waals surface area contributed by atoms with Gasteiger partial charge in [-0.15, -0.1) is 0 Å². The fourth-order valence-corrected chi connectivity index (χ4v) is 1.66. The number of hydrogen-bond acceptors (Lipinski definition) is 3. The summed E-state index contributed by atoms with van der Waals surface area (Å²) in [6.07, 6.45) is 4.12. The van der Waals surface area contributed by atoms with Crippen molar-refractivity contribution in [3.05, 3.63) is 23.2 Å². The van der Waals surface area contributed by atoms with Gasteiger partial charge in [-0.3, -0.25) is 0 Å². The molecule has 0 amide bonds. The molecule has 0 aliphatic carbocycles. The van der Waals surface area contributed by atoms with Gasteiger partial charge < -0.3 is 5.32 Å². The minimum atomic E-state index is 0.193. The zero-order valence-electron chi connectivity index (χ0n) is 10.4. The van der Waals surface area contributed by atoms with E-state index in [1.54, 1.807) is 12.4 Å². The van der Waals surface area contributed by atoms with Gasteiger partial charge in [-0.1, -0.05) is 39.3 Å². The van der Waals surface area contributed by atoms with E-state index in [1.165, 1.54) is 0 Å². The Morgan fingerprint density at radius 2 is 1.88 bits per heavy atom. The Bertz CT molecular complexity index is 316. The van der Waals surface area contributed by atoms with Gasteiger partial charge >= 0.3 is 0 Å². The molecule has 0 radical (unpaired) electrons. The molecule has 0 aliphatic rings. The van der Waals surface area contributed by atoms with Gasteiger partial charge in [-0.05, 0) is 12.0 Å². The van der Waals surface area contributed by atoms with E-state index < -0.39 is 0 Å². The molecular formula is C12H20ClN3. The summed E-state index contributed by atoms with van der Waals surface area (Å²) in [7, 11) is 0. The third kappa shape index (κ3) is 4.06. The number of nitrogens with zero attached hydrogens (tertiary/aromatic N) is 2. The molecule has 3 nitrogen and oxygen atoms in total. The molecule has 0 fully saturated rings. The van der Waals surface area contributed by atoms with E-state index in [-0.39, 0.29) is 5.41 Å². The molecule has 1 unspecified atom stereocenters. The highest BCUT2D eigenvalue weighted by molar-refractivity contribution is 6.30. The van der Waals surface area contributed by atoms with Crippen molar-refractivity contribution in [1.29, 1.82) is 0 Å². The first-order valence-electron chi connectivity index (χ1n) is 5.63. The van der Waals surface area contributed by atoms with Gasteiger partial charge in [-0.2, -0.15) is 0 Å². The lowest BCUT2D eigenvalue weighted by atomic mass is 9.84. The SMILES string of the molecule is CCNC(Cc1ncc(Cl)cn1)C(C)(C)C. The average molecular weight is 242 g/mol. The van der Waals surface area contributed by atoms with Crippen molar-refractivity contribution in [3.8, 4) is 0 Å². The zero-order valence-corrected chi connectivity index (χ0v) is 11.2. The first-order chi connectivity index (χ1) is 7.43. The number of nitrogens with one attached hydrogen (secondary N) is 1. The average Bonchev–Trinajstić information content (AvgIpc) is 2.19. The van der Waals surface area contributed by atoms with Crippen LogP contribution in [0.25, 0.3) is 0 Å². The van der Waals surface area contributed by atoms with Crippen molar-refractivity contribution in [2.24, 2.45) is 5.41 Å². The van der Waals surface area contributed by atoms with Crippen LogP contribution >= 0.6 is 11.6 Å². The molecular weight excluding hydrogens is 222 g/mol. The monoisotopic (exact) mass is 241 g/mol. The van der Waals surface area contributed by atoms with Gasteiger partial charge in [0.1, 0.15) is 5.82 Å². The standard InChI is InChI=1S/C12H20ClN3/c1-5-14-10(12(2,3)4)6-11-15-7-9(13)8-16-11/h7-8,10,14H,5-6H2,1-4H3. The summed E-state index contributed by atoms with van der Waals surface area (Å²) in [6.45, 7) is 9.72. The first kappa shape index (κ1) is 13.4. The largest absolute Gasteiger partial charge is 0.313 e. The van der Waals surface area contributed by atoms with E-state index in [4.69, 9.17) is 11.6 Å². The number of rotatable bonds is 4. The first-order valence-corrected chi connectivity index (χ1v) is 6.01. The highest BCUT2D eigenvalue weighted by Gasteiger charge is 2.24. The predicted molar refractivity (Wildman–Crippen MR) is 67.7 cm³/mol. The molecule has 0 aromatic carbocycles. The van der Waals surface area contributed by atoms with Crippen LogP contribution in [-0.4, -0.2) is 22.6 Å². The van der Waals surface area contributed by atoms with E-state index >= 15 is 0 Å². The van der Waals surface area contributed by atoms with Gasteiger partial charge in [0.05, 0.1) is 5.02 Å². The lowest BCUT2D eigenvalue weighted by Crippen LogP contribution is -2.42. The molecule has 90 valence electrons. The van der Waals surface area contributed by atoms with Crippen molar-refractivity contribution in [2.45, 2.75) is 40.2 Å². The molecule has 0 spiro atoms. The van der Waals surface area contributed by atoms with E-state index in [0.717, 1.165) is 18.8 Å². The van der Waals surface area contributed by atoms with Gasteiger partial charge in [0.15, 0.2) is 0 Å². The van der Waals surface area contributed by atoms with E-state index in [9.17, 15) is 0 Å². The lowest BCUT2D eigenvalue weighted by Gasteiger charge is -2.30. The maximum atomic E-state index is 5.76. The number of aromatic nitrogens is 2. The van der Waals surface area contributed by atoms with Crippen LogP contribution in [0.3, 0.4) is 0 Å². The summed E-state index contributed by atoms with van der Waals surface area (Å²) in [5, 5.41) is 4.06.